The SMILES string of the molecule is O=C(NCc1ccnc(-n2ccnc2)c1)C1CCCCC1C(=O)N1CCCC1. The van der Waals surface area contributed by atoms with Crippen molar-refractivity contribution in [2.45, 2.75) is 45.1 Å². The summed E-state index contributed by atoms with van der Waals surface area (Å²) in [5.74, 6) is 0.577. The average molecular weight is 381 g/mol. The molecule has 1 N–H and O–H groups in total. The Bertz CT molecular complexity index is 814. The van der Waals surface area contributed by atoms with Gasteiger partial charge in [-0.2, -0.15) is 0 Å². The van der Waals surface area contributed by atoms with E-state index in [9.17, 15) is 9.59 Å². The van der Waals surface area contributed by atoms with E-state index < -0.39 is 0 Å². The topological polar surface area (TPSA) is 80.1 Å². The number of imidazole rings is 1. The number of carbonyl (C=O) groups excluding carboxylic acids is 2. The fourth-order valence-electron chi connectivity index (χ4n) is 4.34. The quantitative estimate of drug-likeness (QED) is 0.862. The maximum atomic E-state index is 12.9. The second kappa shape index (κ2) is 8.54. The minimum Gasteiger partial charge on any atom is -0.352 e. The van der Waals surface area contributed by atoms with Crippen LogP contribution in [0.1, 0.15) is 44.1 Å². The Morgan fingerprint density at radius 3 is 2.61 bits per heavy atom. The normalized spacial score (nSPS) is 22.2. The lowest BCUT2D eigenvalue weighted by atomic mass is 9.78. The van der Waals surface area contributed by atoms with Crippen LogP contribution in [0, 0.1) is 11.8 Å². The largest absolute Gasteiger partial charge is 0.352 e. The first kappa shape index (κ1) is 18.7. The number of nitrogens with zero attached hydrogens (tertiary/aromatic N) is 4. The fraction of sp³-hybridized carbons (Fsp3) is 0.524. The molecule has 0 spiro atoms. The molecule has 28 heavy (non-hydrogen) atoms. The molecule has 2 aliphatic rings. The van der Waals surface area contributed by atoms with Crippen LogP contribution in [0.5, 0.6) is 0 Å². The molecule has 4 rings (SSSR count). The van der Waals surface area contributed by atoms with E-state index in [2.05, 4.69) is 15.3 Å². The summed E-state index contributed by atoms with van der Waals surface area (Å²) in [5.41, 5.74) is 0.977. The van der Waals surface area contributed by atoms with E-state index in [1.165, 1.54) is 0 Å². The zero-order valence-corrected chi connectivity index (χ0v) is 16.1. The van der Waals surface area contributed by atoms with Crippen molar-refractivity contribution < 1.29 is 9.59 Å². The van der Waals surface area contributed by atoms with E-state index in [0.717, 1.165) is 63.0 Å². The average Bonchev–Trinajstić information content (AvgIpc) is 3.46. The number of hydrogen-bond acceptors (Lipinski definition) is 4. The summed E-state index contributed by atoms with van der Waals surface area (Å²) in [6.07, 6.45) is 12.8. The summed E-state index contributed by atoms with van der Waals surface area (Å²) in [4.78, 5) is 36.1. The fourth-order valence-corrected chi connectivity index (χ4v) is 4.34. The monoisotopic (exact) mass is 381 g/mol. The van der Waals surface area contributed by atoms with Crippen LogP contribution >= 0.6 is 0 Å². The van der Waals surface area contributed by atoms with Gasteiger partial charge in [0.05, 0.1) is 0 Å². The van der Waals surface area contributed by atoms with Crippen LogP contribution in [0.3, 0.4) is 0 Å². The van der Waals surface area contributed by atoms with E-state index in [0.29, 0.717) is 6.54 Å². The van der Waals surface area contributed by atoms with Crippen LogP contribution in [0.4, 0.5) is 0 Å². The summed E-state index contributed by atoms with van der Waals surface area (Å²) in [5, 5.41) is 3.05. The first-order valence-corrected chi connectivity index (χ1v) is 10.2. The van der Waals surface area contributed by atoms with Gasteiger partial charge in [0, 0.05) is 50.1 Å². The van der Waals surface area contributed by atoms with Crippen molar-refractivity contribution in [1.82, 2.24) is 24.8 Å². The summed E-state index contributed by atoms with van der Waals surface area (Å²) >= 11 is 0. The standard InChI is InChI=1S/C21H27N5O2/c27-20(17-5-1-2-6-18(17)21(28)25-10-3-4-11-25)24-14-16-7-8-23-19(13-16)26-12-9-22-15-26/h7-9,12-13,15,17-18H,1-6,10-11,14H2,(H,24,27). The summed E-state index contributed by atoms with van der Waals surface area (Å²) in [7, 11) is 0. The number of pyridine rings is 1. The Balaban J connectivity index is 1.39. The lowest BCUT2D eigenvalue weighted by Gasteiger charge is -2.32. The van der Waals surface area contributed by atoms with E-state index in [-0.39, 0.29) is 23.7 Å². The van der Waals surface area contributed by atoms with Crippen LogP contribution in [0.15, 0.2) is 37.1 Å². The van der Waals surface area contributed by atoms with E-state index in [1.54, 1.807) is 18.7 Å². The van der Waals surface area contributed by atoms with Gasteiger partial charge in [0.15, 0.2) is 0 Å². The molecule has 7 heteroatoms. The van der Waals surface area contributed by atoms with Crippen molar-refractivity contribution in [3.8, 4) is 5.82 Å². The van der Waals surface area contributed by atoms with Crippen LogP contribution in [-0.4, -0.2) is 44.3 Å². The Morgan fingerprint density at radius 1 is 1.07 bits per heavy atom. The molecule has 0 aromatic carbocycles. The predicted octanol–water partition coefficient (Wildman–Crippen LogP) is 2.31. The second-order valence-electron chi connectivity index (χ2n) is 7.74. The van der Waals surface area contributed by atoms with Gasteiger partial charge in [-0.3, -0.25) is 14.2 Å². The zero-order valence-electron chi connectivity index (χ0n) is 16.1. The number of hydrogen-bond donors (Lipinski definition) is 1. The molecule has 2 aromatic rings. The smallest absolute Gasteiger partial charge is 0.226 e. The van der Waals surface area contributed by atoms with Gasteiger partial charge < -0.3 is 10.2 Å². The third-order valence-corrected chi connectivity index (χ3v) is 5.88. The number of rotatable bonds is 5. The zero-order chi connectivity index (χ0) is 19.3. The Morgan fingerprint density at radius 2 is 1.86 bits per heavy atom. The van der Waals surface area contributed by atoms with Gasteiger partial charge >= 0.3 is 0 Å². The first-order chi connectivity index (χ1) is 13.7. The lowest BCUT2D eigenvalue weighted by molar-refractivity contribution is -0.142. The Labute approximate surface area is 165 Å². The van der Waals surface area contributed by atoms with E-state index >= 15 is 0 Å². The Hall–Kier alpha value is -2.70. The molecule has 1 saturated carbocycles. The van der Waals surface area contributed by atoms with Crippen molar-refractivity contribution in [2.75, 3.05) is 13.1 Å². The van der Waals surface area contributed by atoms with Crippen LogP contribution in [0.25, 0.3) is 5.82 Å². The molecule has 2 amide bonds. The molecule has 1 saturated heterocycles. The molecule has 2 aromatic heterocycles. The molecule has 2 unspecified atom stereocenters. The summed E-state index contributed by atoms with van der Waals surface area (Å²) < 4.78 is 1.83. The number of likely N-dealkylation sites (tertiary alicyclic amines) is 1. The first-order valence-electron chi connectivity index (χ1n) is 10.2. The molecule has 3 heterocycles. The number of amides is 2. The third-order valence-electron chi connectivity index (χ3n) is 5.88. The molecule has 2 fully saturated rings. The van der Waals surface area contributed by atoms with Crippen molar-refractivity contribution >= 4 is 11.8 Å². The summed E-state index contributed by atoms with van der Waals surface area (Å²) in [6, 6.07) is 3.84. The maximum Gasteiger partial charge on any atom is 0.226 e. The molecule has 1 aliphatic carbocycles. The van der Waals surface area contributed by atoms with Gasteiger partial charge in [0.25, 0.3) is 0 Å². The highest BCUT2D eigenvalue weighted by atomic mass is 16.2. The molecular weight excluding hydrogens is 354 g/mol. The number of aromatic nitrogens is 3. The van der Waals surface area contributed by atoms with E-state index in [4.69, 9.17) is 0 Å². The lowest BCUT2D eigenvalue weighted by Crippen LogP contribution is -2.44. The molecule has 2 atom stereocenters. The molecule has 148 valence electrons. The molecular formula is C21H27N5O2. The summed E-state index contributed by atoms with van der Waals surface area (Å²) in [6.45, 7) is 2.12. The van der Waals surface area contributed by atoms with Crippen molar-refractivity contribution in [2.24, 2.45) is 11.8 Å². The van der Waals surface area contributed by atoms with Crippen LogP contribution in [-0.2, 0) is 16.1 Å². The number of carbonyl (C=O) groups is 2. The van der Waals surface area contributed by atoms with Gasteiger partial charge in [-0.1, -0.05) is 12.8 Å². The van der Waals surface area contributed by atoms with Gasteiger partial charge in [-0.25, -0.2) is 9.97 Å². The highest BCUT2D eigenvalue weighted by Gasteiger charge is 2.38. The number of nitrogens with one attached hydrogen (secondary N) is 1. The second-order valence-corrected chi connectivity index (χ2v) is 7.74. The minimum atomic E-state index is -0.211. The van der Waals surface area contributed by atoms with Crippen molar-refractivity contribution in [3.63, 3.8) is 0 Å². The van der Waals surface area contributed by atoms with Crippen molar-refractivity contribution in [3.05, 3.63) is 42.6 Å². The van der Waals surface area contributed by atoms with Crippen LogP contribution < -0.4 is 5.32 Å². The van der Waals surface area contributed by atoms with Crippen molar-refractivity contribution in [1.29, 1.82) is 0 Å². The van der Waals surface area contributed by atoms with Gasteiger partial charge in [0.2, 0.25) is 11.8 Å². The Kier molecular flexibility index (Phi) is 5.69. The molecule has 0 radical (unpaired) electrons. The van der Waals surface area contributed by atoms with E-state index in [1.807, 2.05) is 27.8 Å². The van der Waals surface area contributed by atoms with Gasteiger partial charge in [-0.15, -0.1) is 0 Å². The maximum absolute atomic E-state index is 12.9. The van der Waals surface area contributed by atoms with Gasteiger partial charge in [-0.05, 0) is 43.4 Å². The molecule has 7 nitrogen and oxygen atoms in total. The highest BCUT2D eigenvalue weighted by Crippen LogP contribution is 2.32. The van der Waals surface area contributed by atoms with Crippen LogP contribution in [0.2, 0.25) is 0 Å². The highest BCUT2D eigenvalue weighted by molar-refractivity contribution is 5.88. The third kappa shape index (κ3) is 4.08. The minimum absolute atomic E-state index is 0.00163. The predicted molar refractivity (Wildman–Crippen MR) is 104 cm³/mol. The van der Waals surface area contributed by atoms with Gasteiger partial charge in [0.1, 0.15) is 12.1 Å². The molecule has 0 bridgehead atoms. The molecule has 1 aliphatic heterocycles.